The van der Waals surface area contributed by atoms with E-state index in [0.29, 0.717) is 50.5 Å². The molecular weight excluding hydrogens is 504 g/mol. The van der Waals surface area contributed by atoms with E-state index in [-0.39, 0.29) is 23.3 Å². The quantitative estimate of drug-likeness (QED) is 0.608. The van der Waals surface area contributed by atoms with Crippen LogP contribution in [0.2, 0.25) is 0 Å². The molecule has 2 aliphatic heterocycles. The second-order valence-electron chi connectivity index (χ2n) is 10.5. The number of anilines is 2. The highest BCUT2D eigenvalue weighted by Gasteiger charge is 2.28. The molecule has 2 aromatic carbocycles. The number of hydrogen-bond donors (Lipinski definition) is 2. The van der Waals surface area contributed by atoms with Crippen LogP contribution in [0.3, 0.4) is 0 Å². The van der Waals surface area contributed by atoms with Gasteiger partial charge in [0.1, 0.15) is 11.6 Å². The highest BCUT2D eigenvalue weighted by Crippen LogP contribution is 2.32. The number of hydrogen-bond acceptors (Lipinski definition) is 5. The summed E-state index contributed by atoms with van der Waals surface area (Å²) in [6, 6.07) is 8.27. The Morgan fingerprint density at radius 1 is 0.744 bits per heavy atom. The van der Waals surface area contributed by atoms with Crippen LogP contribution < -0.4 is 15.5 Å². The van der Waals surface area contributed by atoms with Crippen molar-refractivity contribution in [3.8, 4) is 0 Å². The first-order valence-electron chi connectivity index (χ1n) is 13.8. The number of nitrogens with zero attached hydrogens (tertiary/aromatic N) is 3. The molecule has 2 aromatic rings. The fourth-order valence-electron chi connectivity index (χ4n) is 5.71. The minimum atomic E-state index is -0.786. The van der Waals surface area contributed by atoms with Crippen LogP contribution in [0.15, 0.2) is 36.4 Å². The summed E-state index contributed by atoms with van der Waals surface area (Å²) in [5.74, 6) is -2.12. The summed E-state index contributed by atoms with van der Waals surface area (Å²) in [5, 5.41) is 6.37. The molecule has 0 atom stereocenters. The second-order valence-corrected chi connectivity index (χ2v) is 10.5. The number of rotatable bonds is 5. The maximum Gasteiger partial charge on any atom is 0.254 e. The smallest absolute Gasteiger partial charge is 0.254 e. The minimum absolute atomic E-state index is 0.0165. The van der Waals surface area contributed by atoms with Gasteiger partial charge in [0.05, 0.1) is 11.4 Å². The zero-order chi connectivity index (χ0) is 27.4. The van der Waals surface area contributed by atoms with E-state index in [1.807, 2.05) is 11.0 Å². The molecular formula is C29H35F2N5O3. The Hall–Kier alpha value is -3.53. The van der Waals surface area contributed by atoms with Gasteiger partial charge in [0.15, 0.2) is 0 Å². The summed E-state index contributed by atoms with van der Waals surface area (Å²) >= 11 is 0. The molecule has 2 N–H and O–H groups in total. The molecule has 0 radical (unpaired) electrons. The predicted octanol–water partition coefficient (Wildman–Crippen LogP) is 3.49. The third-order valence-corrected chi connectivity index (χ3v) is 7.90. The van der Waals surface area contributed by atoms with E-state index in [0.717, 1.165) is 69.1 Å². The van der Waals surface area contributed by atoms with Gasteiger partial charge in [-0.1, -0.05) is 19.3 Å². The number of carbonyl (C=O) groups excluding carboxylic acids is 3. The second kappa shape index (κ2) is 12.1. The topological polar surface area (TPSA) is 85.0 Å². The monoisotopic (exact) mass is 539 g/mol. The van der Waals surface area contributed by atoms with Gasteiger partial charge in [-0.2, -0.15) is 0 Å². The lowest BCUT2D eigenvalue weighted by molar-refractivity contribution is -0.120. The van der Waals surface area contributed by atoms with Crippen LogP contribution in [-0.4, -0.2) is 79.9 Å². The maximum absolute atomic E-state index is 13.6. The molecule has 0 aromatic heterocycles. The lowest BCUT2D eigenvalue weighted by Crippen LogP contribution is -2.49. The fourth-order valence-corrected chi connectivity index (χ4v) is 5.71. The number of nitrogens with one attached hydrogen (secondary N) is 2. The molecule has 3 aliphatic rings. The normalized spacial score (nSPS) is 18.7. The van der Waals surface area contributed by atoms with Crippen LogP contribution in [0.4, 0.5) is 20.2 Å². The molecule has 3 fully saturated rings. The summed E-state index contributed by atoms with van der Waals surface area (Å²) in [4.78, 5) is 44.7. The van der Waals surface area contributed by atoms with Crippen LogP contribution >= 0.6 is 0 Å². The number of carbonyl (C=O) groups is 3. The van der Waals surface area contributed by atoms with Gasteiger partial charge in [-0.3, -0.25) is 14.4 Å². The average molecular weight is 540 g/mol. The largest absolute Gasteiger partial charge is 0.366 e. The minimum Gasteiger partial charge on any atom is -0.366 e. The van der Waals surface area contributed by atoms with E-state index >= 15 is 0 Å². The predicted molar refractivity (Wildman–Crippen MR) is 145 cm³/mol. The highest BCUT2D eigenvalue weighted by molar-refractivity contribution is 6.01. The molecule has 1 aliphatic carbocycles. The zero-order valence-corrected chi connectivity index (χ0v) is 22.1. The van der Waals surface area contributed by atoms with Crippen molar-refractivity contribution in [1.82, 2.24) is 15.1 Å². The van der Waals surface area contributed by atoms with Crippen molar-refractivity contribution in [2.75, 3.05) is 62.6 Å². The van der Waals surface area contributed by atoms with Crippen molar-refractivity contribution in [1.29, 1.82) is 0 Å². The summed E-state index contributed by atoms with van der Waals surface area (Å²) < 4.78 is 27.3. The van der Waals surface area contributed by atoms with Crippen molar-refractivity contribution in [3.63, 3.8) is 0 Å². The van der Waals surface area contributed by atoms with Crippen molar-refractivity contribution >= 4 is 29.1 Å². The van der Waals surface area contributed by atoms with E-state index in [4.69, 9.17) is 0 Å². The van der Waals surface area contributed by atoms with Crippen molar-refractivity contribution in [2.45, 2.75) is 32.1 Å². The van der Waals surface area contributed by atoms with E-state index in [9.17, 15) is 23.2 Å². The standard InChI is InChI=1S/C29H35F2N5O3/c30-23-16-22(17-24(31)19-23)29(39)36-14-12-34(13-15-36)26-7-6-21(28(38)35-10-8-32-9-11-35)18-25(26)33-27(37)20-4-2-1-3-5-20/h6-7,16-20,32H,1-5,8-15H2,(H,33,37). The Morgan fingerprint density at radius 2 is 1.36 bits per heavy atom. The van der Waals surface area contributed by atoms with E-state index in [1.165, 1.54) is 0 Å². The number of piperazine rings is 2. The van der Waals surface area contributed by atoms with Gasteiger partial charge < -0.3 is 25.3 Å². The molecule has 2 heterocycles. The molecule has 10 heteroatoms. The van der Waals surface area contributed by atoms with Gasteiger partial charge >= 0.3 is 0 Å². The van der Waals surface area contributed by atoms with Gasteiger partial charge in [-0.05, 0) is 43.2 Å². The molecule has 5 rings (SSSR count). The summed E-state index contributed by atoms with van der Waals surface area (Å²) in [7, 11) is 0. The van der Waals surface area contributed by atoms with E-state index in [2.05, 4.69) is 15.5 Å². The highest BCUT2D eigenvalue weighted by atomic mass is 19.1. The van der Waals surface area contributed by atoms with Crippen LogP contribution in [0.1, 0.15) is 52.8 Å². The molecule has 39 heavy (non-hydrogen) atoms. The number of benzene rings is 2. The van der Waals surface area contributed by atoms with Crippen LogP contribution in [0.5, 0.6) is 0 Å². The Labute approximate surface area is 227 Å². The molecule has 8 nitrogen and oxygen atoms in total. The Balaban J connectivity index is 1.33. The summed E-state index contributed by atoms with van der Waals surface area (Å²) in [6.07, 6.45) is 4.95. The first kappa shape index (κ1) is 27.1. The molecule has 0 bridgehead atoms. The Bertz CT molecular complexity index is 1200. The summed E-state index contributed by atoms with van der Waals surface area (Å²) in [5.41, 5.74) is 1.90. The van der Waals surface area contributed by atoms with Gasteiger partial charge in [0.2, 0.25) is 5.91 Å². The SMILES string of the molecule is O=C(Nc1cc(C(=O)N2CCNCC2)ccc1N1CCN(C(=O)c2cc(F)cc(F)c2)CC1)C1CCCCC1. The lowest BCUT2D eigenvalue weighted by Gasteiger charge is -2.37. The first-order valence-corrected chi connectivity index (χ1v) is 13.8. The first-order chi connectivity index (χ1) is 18.9. The fraction of sp³-hybridized carbons (Fsp3) is 0.483. The molecule has 0 spiro atoms. The molecule has 0 unspecified atom stereocenters. The van der Waals surface area contributed by atoms with Crippen LogP contribution in [-0.2, 0) is 4.79 Å². The average Bonchev–Trinajstić information content (AvgIpc) is 2.97. The van der Waals surface area contributed by atoms with Gasteiger partial charge in [-0.25, -0.2) is 8.78 Å². The molecule has 1 saturated carbocycles. The number of amides is 3. The van der Waals surface area contributed by atoms with Gasteiger partial charge in [0, 0.05) is 75.5 Å². The third kappa shape index (κ3) is 6.38. The molecule has 3 amide bonds. The lowest BCUT2D eigenvalue weighted by atomic mass is 9.88. The van der Waals surface area contributed by atoms with Crippen molar-refractivity contribution in [2.24, 2.45) is 5.92 Å². The van der Waals surface area contributed by atoms with Crippen LogP contribution in [0.25, 0.3) is 0 Å². The molecule has 2 saturated heterocycles. The van der Waals surface area contributed by atoms with Gasteiger partial charge in [0.25, 0.3) is 11.8 Å². The third-order valence-electron chi connectivity index (χ3n) is 7.90. The molecule has 208 valence electrons. The van der Waals surface area contributed by atoms with Crippen molar-refractivity contribution < 1.29 is 23.2 Å². The Kier molecular flexibility index (Phi) is 8.40. The maximum atomic E-state index is 13.6. The van der Waals surface area contributed by atoms with Crippen LogP contribution in [0, 0.1) is 17.6 Å². The van der Waals surface area contributed by atoms with E-state index in [1.54, 1.807) is 17.0 Å². The number of halogens is 2. The zero-order valence-electron chi connectivity index (χ0n) is 22.1. The Morgan fingerprint density at radius 3 is 2.03 bits per heavy atom. The van der Waals surface area contributed by atoms with E-state index < -0.39 is 17.5 Å². The summed E-state index contributed by atoms with van der Waals surface area (Å²) in [6.45, 7) is 4.43. The van der Waals surface area contributed by atoms with Crippen molar-refractivity contribution in [3.05, 3.63) is 59.2 Å². The van der Waals surface area contributed by atoms with Gasteiger partial charge in [-0.15, -0.1) is 0 Å².